The first-order valence-electron chi connectivity index (χ1n) is 5.44. The van der Waals surface area contributed by atoms with Crippen LogP contribution >= 0.6 is 0 Å². The molecule has 0 aliphatic heterocycles. The van der Waals surface area contributed by atoms with Crippen molar-refractivity contribution in [2.45, 2.75) is 0 Å². The first-order valence-corrected chi connectivity index (χ1v) is 5.44. The minimum absolute atomic E-state index is 0.00630. The Morgan fingerprint density at radius 2 is 2.00 bits per heavy atom. The summed E-state index contributed by atoms with van der Waals surface area (Å²) in [7, 11) is 0. The molecule has 0 bridgehead atoms. The summed E-state index contributed by atoms with van der Waals surface area (Å²) in [5, 5.41) is 3.17. The number of hydrogen-bond donors (Lipinski definition) is 0. The average molecular weight is 254 g/mol. The van der Waals surface area contributed by atoms with Gasteiger partial charge in [0, 0.05) is 0 Å². The van der Waals surface area contributed by atoms with Gasteiger partial charge in [0.15, 0.2) is 0 Å². The Hall–Kier alpha value is -2.82. The number of rotatable bonds is 4. The highest BCUT2D eigenvalue weighted by Crippen LogP contribution is 2.21. The Bertz CT molecular complexity index is 747. The van der Waals surface area contributed by atoms with E-state index in [9.17, 15) is 9.70 Å². The van der Waals surface area contributed by atoms with Gasteiger partial charge in [-0.2, -0.15) is 4.98 Å². The summed E-state index contributed by atoms with van der Waals surface area (Å²) >= 11 is 0. The zero-order valence-electron chi connectivity index (χ0n) is 10.00. The van der Waals surface area contributed by atoms with Crippen LogP contribution in [0.1, 0.15) is 5.89 Å². The number of aromatic nitrogens is 1. The largest absolute Gasteiger partial charge is 0.437 e. The molecule has 0 N–H and O–H groups in total. The van der Waals surface area contributed by atoms with Gasteiger partial charge in [0.05, 0.1) is 11.0 Å². The predicted molar refractivity (Wildman–Crippen MR) is 73.4 cm³/mol. The van der Waals surface area contributed by atoms with Crippen molar-refractivity contribution in [1.29, 1.82) is 0 Å². The van der Waals surface area contributed by atoms with Gasteiger partial charge in [0.2, 0.25) is 5.89 Å². The summed E-state index contributed by atoms with van der Waals surface area (Å²) in [6.07, 6.45) is 2.60. The molecule has 5 nitrogen and oxygen atoms in total. The van der Waals surface area contributed by atoms with Crippen molar-refractivity contribution in [3.05, 3.63) is 76.4 Å². The second-order valence-electron chi connectivity index (χ2n) is 3.62. The first kappa shape index (κ1) is 12.6. The van der Waals surface area contributed by atoms with Gasteiger partial charge in [-0.25, -0.2) is 0 Å². The van der Waals surface area contributed by atoms with Crippen LogP contribution in [-0.4, -0.2) is 4.98 Å². The van der Waals surface area contributed by atoms with E-state index in [1.54, 1.807) is 24.3 Å². The lowest BCUT2D eigenvalue weighted by atomic mass is 10.2. The lowest BCUT2D eigenvalue weighted by molar-refractivity contribution is 0.559. The third kappa shape index (κ3) is 2.26. The normalized spacial score (nSPS) is 11.8. The quantitative estimate of drug-likeness (QED) is 0.621. The number of hydrogen-bond acceptors (Lipinski definition) is 5. The summed E-state index contributed by atoms with van der Waals surface area (Å²) in [6, 6.07) is 6.71. The molecule has 1 aromatic carbocycles. The molecule has 0 aliphatic rings. The van der Waals surface area contributed by atoms with Crippen molar-refractivity contribution in [1.82, 2.24) is 4.98 Å². The molecule has 0 saturated heterocycles. The molecular weight excluding hydrogens is 244 g/mol. The molecule has 0 saturated carbocycles. The van der Waals surface area contributed by atoms with E-state index >= 15 is 0 Å². The molecule has 1 heterocycles. The van der Waals surface area contributed by atoms with E-state index in [0.29, 0.717) is 11.0 Å². The fourth-order valence-electron chi connectivity index (χ4n) is 1.62. The van der Waals surface area contributed by atoms with Crippen LogP contribution in [0.4, 0.5) is 0 Å². The van der Waals surface area contributed by atoms with Crippen molar-refractivity contribution < 1.29 is 4.42 Å². The molecule has 94 valence electrons. The number of para-hydroxylation sites is 1. The fourth-order valence-corrected chi connectivity index (χ4v) is 1.62. The van der Waals surface area contributed by atoms with E-state index in [1.807, 2.05) is 0 Å². The number of fused-ring (bicyclic) bond motifs is 1. The molecule has 0 amide bonds. The number of nitrogens with zero attached hydrogens (tertiary/aromatic N) is 2. The molecule has 5 heteroatoms. The summed E-state index contributed by atoms with van der Waals surface area (Å²) in [5.74, 6) is -0.00630. The van der Waals surface area contributed by atoms with Crippen LogP contribution in [0, 0.1) is 4.91 Å². The van der Waals surface area contributed by atoms with Crippen molar-refractivity contribution in [2.24, 2.45) is 5.18 Å². The monoisotopic (exact) mass is 254 g/mol. The lowest BCUT2D eigenvalue weighted by Crippen LogP contribution is -2.08. The van der Waals surface area contributed by atoms with Gasteiger partial charge < -0.3 is 4.42 Å². The maximum Gasteiger partial charge on any atom is 0.284 e. The molecule has 19 heavy (non-hydrogen) atoms. The fraction of sp³-hybridized carbons (Fsp3) is 0. The Morgan fingerprint density at radius 3 is 2.63 bits per heavy atom. The minimum atomic E-state index is -0.439. The molecule has 0 radical (unpaired) electrons. The van der Waals surface area contributed by atoms with Crippen LogP contribution in [0.15, 0.2) is 69.7 Å². The van der Waals surface area contributed by atoms with Gasteiger partial charge in [-0.05, 0) is 23.4 Å². The summed E-state index contributed by atoms with van der Waals surface area (Å²) in [4.78, 5) is 26.3. The summed E-state index contributed by atoms with van der Waals surface area (Å²) in [5.41, 5.74) is 0.186. The smallest absolute Gasteiger partial charge is 0.284 e. The second-order valence-corrected chi connectivity index (χ2v) is 3.62. The Kier molecular flexibility index (Phi) is 3.47. The Balaban J connectivity index is 2.79. The van der Waals surface area contributed by atoms with Crippen LogP contribution < -0.4 is 5.56 Å². The standard InChI is InChI=1S/C14H10N2O3/c1-3-9(11(4-2)16-18)14-15-13(17)10-7-5-6-8-12(10)19-14/h3-8H,1-2H2/b11-9-. The highest BCUT2D eigenvalue weighted by molar-refractivity contribution is 5.78. The van der Waals surface area contributed by atoms with Gasteiger partial charge in [-0.15, -0.1) is 4.91 Å². The summed E-state index contributed by atoms with van der Waals surface area (Å²) in [6.45, 7) is 7.02. The van der Waals surface area contributed by atoms with Crippen LogP contribution in [0.3, 0.4) is 0 Å². The van der Waals surface area contributed by atoms with Crippen LogP contribution in [-0.2, 0) is 0 Å². The third-order valence-electron chi connectivity index (χ3n) is 2.53. The van der Waals surface area contributed by atoms with Crippen molar-refractivity contribution in [2.75, 3.05) is 0 Å². The van der Waals surface area contributed by atoms with Crippen LogP contribution in [0.25, 0.3) is 16.5 Å². The molecule has 0 fully saturated rings. The van der Waals surface area contributed by atoms with E-state index in [2.05, 4.69) is 23.3 Å². The predicted octanol–water partition coefficient (Wildman–Crippen LogP) is 3.04. The van der Waals surface area contributed by atoms with Crippen molar-refractivity contribution in [3.8, 4) is 0 Å². The zero-order chi connectivity index (χ0) is 13.8. The van der Waals surface area contributed by atoms with Gasteiger partial charge >= 0.3 is 0 Å². The SMILES string of the molecule is C=C/C(N=O)=C(\C=C)c1nc(=O)c2ccccc2o1. The molecule has 0 unspecified atom stereocenters. The molecule has 2 aromatic rings. The van der Waals surface area contributed by atoms with Gasteiger partial charge in [0.25, 0.3) is 5.56 Å². The Labute approximate surface area is 108 Å². The van der Waals surface area contributed by atoms with E-state index in [0.717, 1.165) is 0 Å². The van der Waals surface area contributed by atoms with Crippen LogP contribution in [0.2, 0.25) is 0 Å². The third-order valence-corrected chi connectivity index (χ3v) is 2.53. The molecular formula is C14H10N2O3. The van der Waals surface area contributed by atoms with Gasteiger partial charge in [-0.1, -0.05) is 31.4 Å². The van der Waals surface area contributed by atoms with Crippen molar-refractivity contribution in [3.63, 3.8) is 0 Å². The van der Waals surface area contributed by atoms with Crippen LogP contribution in [0.5, 0.6) is 0 Å². The highest BCUT2D eigenvalue weighted by atomic mass is 16.3. The average Bonchev–Trinajstić information content (AvgIpc) is 2.44. The number of allylic oxidation sites excluding steroid dienone is 3. The molecule has 2 rings (SSSR count). The molecule has 0 atom stereocenters. The highest BCUT2D eigenvalue weighted by Gasteiger charge is 2.12. The zero-order valence-corrected chi connectivity index (χ0v) is 10.00. The van der Waals surface area contributed by atoms with Gasteiger partial charge in [0.1, 0.15) is 11.3 Å². The van der Waals surface area contributed by atoms with E-state index in [1.165, 1.54) is 12.2 Å². The summed E-state index contributed by atoms with van der Waals surface area (Å²) < 4.78 is 5.49. The lowest BCUT2D eigenvalue weighted by Gasteiger charge is -2.03. The van der Waals surface area contributed by atoms with E-state index < -0.39 is 5.56 Å². The maximum absolute atomic E-state index is 11.9. The molecule has 0 spiro atoms. The Morgan fingerprint density at radius 1 is 1.26 bits per heavy atom. The van der Waals surface area contributed by atoms with E-state index in [4.69, 9.17) is 4.42 Å². The topological polar surface area (TPSA) is 72.5 Å². The van der Waals surface area contributed by atoms with E-state index in [-0.39, 0.29) is 17.2 Å². The van der Waals surface area contributed by atoms with Crippen molar-refractivity contribution >= 4 is 16.5 Å². The number of benzene rings is 1. The first-order chi connectivity index (χ1) is 9.21. The maximum atomic E-state index is 11.9. The number of nitroso groups, excluding NO2 is 1. The second kappa shape index (κ2) is 5.22. The molecule has 0 aliphatic carbocycles. The molecule has 1 aromatic heterocycles. The van der Waals surface area contributed by atoms with Gasteiger partial charge in [-0.3, -0.25) is 4.79 Å². The minimum Gasteiger partial charge on any atom is -0.437 e.